The van der Waals surface area contributed by atoms with Crippen molar-refractivity contribution < 1.29 is 14.3 Å². The predicted octanol–water partition coefficient (Wildman–Crippen LogP) is 4.19. The van der Waals surface area contributed by atoms with Crippen LogP contribution in [0.5, 0.6) is 0 Å². The number of ether oxygens (including phenoxy) is 1. The third-order valence-electron chi connectivity index (χ3n) is 8.39. The Morgan fingerprint density at radius 2 is 1.97 bits per heavy atom. The zero-order valence-electron chi connectivity index (χ0n) is 21.4. The zero-order chi connectivity index (χ0) is 24.1. The van der Waals surface area contributed by atoms with Crippen LogP contribution in [0.1, 0.15) is 74.7 Å². The number of amides is 2. The number of carbonyl (C=O) groups is 2. The van der Waals surface area contributed by atoms with Crippen molar-refractivity contribution in [1.29, 1.82) is 0 Å². The van der Waals surface area contributed by atoms with Gasteiger partial charge in [-0.05, 0) is 68.7 Å². The molecule has 0 aromatic heterocycles. The smallest absolute Gasteiger partial charge is 0.255 e. The molecule has 6 heteroatoms. The maximum Gasteiger partial charge on any atom is 0.255 e. The molecule has 0 bridgehead atoms. The zero-order valence-corrected chi connectivity index (χ0v) is 21.4. The first-order chi connectivity index (χ1) is 16.5. The number of piperidine rings is 2. The first kappa shape index (κ1) is 25.2. The Morgan fingerprint density at radius 3 is 2.74 bits per heavy atom. The predicted molar refractivity (Wildman–Crippen MR) is 135 cm³/mol. The topological polar surface area (TPSA) is 53.1 Å². The SMILES string of the molecule is CC[C@H](C)[C@H](C(=O)N(CCCOC)C[C@@H]1CCCN2CCCC[C@H]12)N1Cc2ccccc2C1=O. The summed E-state index contributed by atoms with van der Waals surface area (Å²) >= 11 is 0. The number of benzene rings is 1. The van der Waals surface area contributed by atoms with Crippen LogP contribution in [0, 0.1) is 11.8 Å². The summed E-state index contributed by atoms with van der Waals surface area (Å²) in [5, 5.41) is 0. The van der Waals surface area contributed by atoms with Gasteiger partial charge < -0.3 is 19.4 Å². The minimum absolute atomic E-state index is 0.00205. The molecular weight excluding hydrogens is 426 g/mol. The molecule has 34 heavy (non-hydrogen) atoms. The third kappa shape index (κ3) is 5.33. The molecule has 3 aliphatic rings. The number of nitrogens with zero attached hydrogens (tertiary/aromatic N) is 3. The first-order valence-electron chi connectivity index (χ1n) is 13.5. The van der Waals surface area contributed by atoms with Gasteiger partial charge in [-0.1, -0.05) is 44.9 Å². The lowest BCUT2D eigenvalue weighted by Crippen LogP contribution is -2.56. The Labute approximate surface area is 205 Å². The third-order valence-corrected chi connectivity index (χ3v) is 8.39. The second-order valence-corrected chi connectivity index (χ2v) is 10.6. The van der Waals surface area contributed by atoms with Crippen LogP contribution in [0.25, 0.3) is 0 Å². The van der Waals surface area contributed by atoms with Crippen LogP contribution in [0.15, 0.2) is 24.3 Å². The Balaban J connectivity index is 1.56. The van der Waals surface area contributed by atoms with E-state index in [1.54, 1.807) is 7.11 Å². The maximum atomic E-state index is 14.2. The number of hydrogen-bond acceptors (Lipinski definition) is 4. The lowest BCUT2D eigenvalue weighted by molar-refractivity contribution is -0.139. The molecule has 3 heterocycles. The fourth-order valence-corrected chi connectivity index (χ4v) is 6.36. The van der Waals surface area contributed by atoms with Crippen molar-refractivity contribution in [3.8, 4) is 0 Å². The molecule has 6 nitrogen and oxygen atoms in total. The van der Waals surface area contributed by atoms with Gasteiger partial charge in [0.25, 0.3) is 5.91 Å². The fourth-order valence-electron chi connectivity index (χ4n) is 6.36. The highest BCUT2D eigenvalue weighted by Crippen LogP contribution is 2.33. The molecule has 0 spiro atoms. The Kier molecular flexibility index (Phi) is 8.65. The summed E-state index contributed by atoms with van der Waals surface area (Å²) in [6, 6.07) is 7.98. The number of hydrogen-bond donors (Lipinski definition) is 0. The number of fused-ring (bicyclic) bond motifs is 2. The van der Waals surface area contributed by atoms with Gasteiger partial charge in [-0.3, -0.25) is 9.59 Å². The van der Waals surface area contributed by atoms with E-state index in [2.05, 4.69) is 23.6 Å². The van der Waals surface area contributed by atoms with Crippen molar-refractivity contribution in [2.45, 2.75) is 77.4 Å². The van der Waals surface area contributed by atoms with Crippen LogP contribution in [-0.4, -0.2) is 78.5 Å². The fraction of sp³-hybridized carbons (Fsp3) is 0.714. The lowest BCUT2D eigenvalue weighted by Gasteiger charge is -2.46. The van der Waals surface area contributed by atoms with Gasteiger partial charge in [0.15, 0.2) is 0 Å². The van der Waals surface area contributed by atoms with E-state index in [1.165, 1.54) is 45.2 Å². The average molecular weight is 470 g/mol. The molecule has 2 saturated heterocycles. The first-order valence-corrected chi connectivity index (χ1v) is 13.5. The van der Waals surface area contributed by atoms with Gasteiger partial charge in [-0.15, -0.1) is 0 Å². The van der Waals surface area contributed by atoms with E-state index in [9.17, 15) is 9.59 Å². The van der Waals surface area contributed by atoms with Crippen LogP contribution < -0.4 is 0 Å². The molecule has 0 unspecified atom stereocenters. The molecule has 0 N–H and O–H groups in total. The van der Waals surface area contributed by atoms with Gasteiger partial charge >= 0.3 is 0 Å². The highest BCUT2D eigenvalue weighted by atomic mass is 16.5. The lowest BCUT2D eigenvalue weighted by atomic mass is 9.83. The van der Waals surface area contributed by atoms with Crippen molar-refractivity contribution >= 4 is 11.8 Å². The summed E-state index contributed by atoms with van der Waals surface area (Å²) in [4.78, 5) is 34.2. The second-order valence-electron chi connectivity index (χ2n) is 10.6. The molecule has 4 atom stereocenters. The molecule has 0 saturated carbocycles. The van der Waals surface area contributed by atoms with E-state index in [0.717, 1.165) is 30.5 Å². The minimum Gasteiger partial charge on any atom is -0.385 e. The molecule has 4 rings (SSSR count). The number of methoxy groups -OCH3 is 1. The number of rotatable bonds is 10. The standard InChI is InChI=1S/C28H43N3O3/c1-4-21(2)26(31-20-22-11-5-6-13-24(22)27(31)32)28(33)30(17-10-18-34-3)19-23-12-9-16-29-15-8-7-14-25(23)29/h5-6,11,13,21,23,25-26H,4,7-10,12,14-20H2,1-3H3/t21-,23-,25+,26+/m0/s1. The number of carbonyl (C=O) groups excluding carboxylic acids is 2. The quantitative estimate of drug-likeness (QED) is 0.482. The molecule has 1 aromatic carbocycles. The molecule has 3 aliphatic heterocycles. The van der Waals surface area contributed by atoms with Gasteiger partial charge in [0, 0.05) is 45.0 Å². The van der Waals surface area contributed by atoms with Crippen LogP contribution in [0.3, 0.4) is 0 Å². The Bertz CT molecular complexity index is 842. The second kappa shape index (κ2) is 11.7. The molecule has 0 radical (unpaired) electrons. The van der Waals surface area contributed by atoms with Crippen molar-refractivity contribution in [2.24, 2.45) is 11.8 Å². The van der Waals surface area contributed by atoms with Gasteiger partial charge in [0.2, 0.25) is 5.91 Å². The molecular formula is C28H43N3O3. The van der Waals surface area contributed by atoms with Crippen molar-refractivity contribution in [1.82, 2.24) is 14.7 Å². The molecule has 2 amide bonds. The normalized spacial score (nSPS) is 24.4. The van der Waals surface area contributed by atoms with Gasteiger partial charge in [0.05, 0.1) is 0 Å². The maximum absolute atomic E-state index is 14.2. The van der Waals surface area contributed by atoms with E-state index >= 15 is 0 Å². The minimum atomic E-state index is -0.418. The largest absolute Gasteiger partial charge is 0.385 e. The van der Waals surface area contributed by atoms with Gasteiger partial charge in [-0.25, -0.2) is 0 Å². The van der Waals surface area contributed by atoms with E-state index in [0.29, 0.717) is 31.7 Å². The molecule has 2 fully saturated rings. The summed E-state index contributed by atoms with van der Waals surface area (Å²) in [5.74, 6) is 0.750. The van der Waals surface area contributed by atoms with Crippen LogP contribution in [-0.2, 0) is 16.1 Å². The summed E-state index contributed by atoms with van der Waals surface area (Å²) in [7, 11) is 1.72. The van der Waals surface area contributed by atoms with E-state index in [4.69, 9.17) is 4.74 Å². The van der Waals surface area contributed by atoms with E-state index in [-0.39, 0.29) is 17.7 Å². The molecule has 0 aliphatic carbocycles. The highest BCUT2D eigenvalue weighted by Gasteiger charge is 2.42. The van der Waals surface area contributed by atoms with Crippen LogP contribution in [0.4, 0.5) is 0 Å². The Hall–Kier alpha value is -1.92. The van der Waals surface area contributed by atoms with Crippen molar-refractivity contribution in [2.75, 3.05) is 39.9 Å². The summed E-state index contributed by atoms with van der Waals surface area (Å²) in [6.07, 6.45) is 7.94. The average Bonchev–Trinajstić information content (AvgIpc) is 3.19. The van der Waals surface area contributed by atoms with E-state index < -0.39 is 6.04 Å². The molecule has 188 valence electrons. The molecule has 1 aromatic rings. The highest BCUT2D eigenvalue weighted by molar-refractivity contribution is 6.01. The van der Waals surface area contributed by atoms with Gasteiger partial charge in [-0.2, -0.15) is 0 Å². The van der Waals surface area contributed by atoms with Crippen LogP contribution >= 0.6 is 0 Å². The van der Waals surface area contributed by atoms with Crippen molar-refractivity contribution in [3.63, 3.8) is 0 Å². The summed E-state index contributed by atoms with van der Waals surface area (Å²) in [6.45, 7) is 9.31. The Morgan fingerprint density at radius 1 is 1.18 bits per heavy atom. The van der Waals surface area contributed by atoms with Gasteiger partial charge in [0.1, 0.15) is 6.04 Å². The van der Waals surface area contributed by atoms with Crippen molar-refractivity contribution in [3.05, 3.63) is 35.4 Å². The monoisotopic (exact) mass is 469 g/mol. The van der Waals surface area contributed by atoms with E-state index in [1.807, 2.05) is 29.2 Å². The summed E-state index contributed by atoms with van der Waals surface area (Å²) in [5.41, 5.74) is 1.78. The summed E-state index contributed by atoms with van der Waals surface area (Å²) < 4.78 is 5.33. The van der Waals surface area contributed by atoms with Crippen LogP contribution in [0.2, 0.25) is 0 Å².